The van der Waals surface area contributed by atoms with Crippen LogP contribution in [0, 0.1) is 6.92 Å². The number of carbonyl (C=O) groups is 1. The minimum atomic E-state index is -0.199. The number of aromatic nitrogens is 2. The van der Waals surface area contributed by atoms with Gasteiger partial charge in [0.25, 0.3) is 5.91 Å². The lowest BCUT2D eigenvalue weighted by Gasteiger charge is -2.11. The molecule has 0 saturated carbocycles. The van der Waals surface area contributed by atoms with E-state index in [1.54, 1.807) is 0 Å². The molecule has 6 heteroatoms. The first-order chi connectivity index (χ1) is 15.6. The van der Waals surface area contributed by atoms with Crippen LogP contribution in [0.25, 0.3) is 33.4 Å². The molecule has 0 fully saturated rings. The fourth-order valence-electron chi connectivity index (χ4n) is 3.61. The molecule has 32 heavy (non-hydrogen) atoms. The summed E-state index contributed by atoms with van der Waals surface area (Å²) in [6.07, 6.45) is 0. The second kappa shape index (κ2) is 8.65. The molecule has 5 rings (SSSR count). The van der Waals surface area contributed by atoms with Crippen LogP contribution in [-0.2, 0) is 0 Å². The number of rotatable bonds is 4. The van der Waals surface area contributed by atoms with Gasteiger partial charge in [-0.25, -0.2) is 9.97 Å². The average molecular weight is 500 g/mol. The van der Waals surface area contributed by atoms with Crippen molar-refractivity contribution in [2.75, 3.05) is 5.32 Å². The fraction of sp³-hybridized carbons (Fsp3) is 0.0385. The van der Waals surface area contributed by atoms with Crippen LogP contribution < -0.4 is 5.32 Å². The maximum Gasteiger partial charge on any atom is 0.258 e. The van der Waals surface area contributed by atoms with Gasteiger partial charge in [-0.3, -0.25) is 10.1 Å². The standard InChI is InChI=1S/C26H18BrN3OS/c1-16-6-2-3-7-19(16)23-14-21(20-8-4-5-9-22(20)28-23)25(31)30-26-29-24(15-32-26)17-10-12-18(27)13-11-17/h2-15H,1H3,(H,29,30,31). The quantitative estimate of drug-likeness (QED) is 0.281. The molecule has 1 amide bonds. The Morgan fingerprint density at radius 2 is 1.66 bits per heavy atom. The van der Waals surface area contributed by atoms with Gasteiger partial charge in [0.15, 0.2) is 5.13 Å². The molecule has 3 aromatic carbocycles. The van der Waals surface area contributed by atoms with Crippen molar-refractivity contribution in [2.45, 2.75) is 6.92 Å². The van der Waals surface area contributed by atoms with Gasteiger partial charge in [0.05, 0.1) is 22.5 Å². The number of aryl methyl sites for hydroxylation is 1. The van der Waals surface area contributed by atoms with E-state index in [4.69, 9.17) is 4.98 Å². The number of halogens is 1. The summed E-state index contributed by atoms with van der Waals surface area (Å²) in [5.74, 6) is -0.199. The number of fused-ring (bicyclic) bond motifs is 1. The van der Waals surface area contributed by atoms with Gasteiger partial charge in [-0.2, -0.15) is 0 Å². The zero-order chi connectivity index (χ0) is 22.1. The van der Waals surface area contributed by atoms with E-state index in [1.807, 2.05) is 91.2 Å². The molecule has 2 aromatic heterocycles. The van der Waals surface area contributed by atoms with Crippen molar-refractivity contribution in [3.63, 3.8) is 0 Å². The molecule has 0 unspecified atom stereocenters. The maximum absolute atomic E-state index is 13.3. The number of pyridine rings is 1. The lowest BCUT2D eigenvalue weighted by molar-refractivity contribution is 0.102. The summed E-state index contributed by atoms with van der Waals surface area (Å²) >= 11 is 4.86. The molecule has 4 nitrogen and oxygen atoms in total. The molecule has 0 bridgehead atoms. The van der Waals surface area contributed by atoms with Crippen LogP contribution in [-0.4, -0.2) is 15.9 Å². The molecule has 156 valence electrons. The van der Waals surface area contributed by atoms with E-state index in [0.717, 1.165) is 43.5 Å². The van der Waals surface area contributed by atoms with E-state index in [0.29, 0.717) is 10.7 Å². The predicted octanol–water partition coefficient (Wildman–Crippen LogP) is 7.35. The van der Waals surface area contributed by atoms with Crippen molar-refractivity contribution < 1.29 is 4.79 Å². The second-order valence-electron chi connectivity index (χ2n) is 7.39. The van der Waals surface area contributed by atoms with Crippen LogP contribution in [0.15, 0.2) is 88.7 Å². The van der Waals surface area contributed by atoms with E-state index >= 15 is 0 Å². The highest BCUT2D eigenvalue weighted by Crippen LogP contribution is 2.29. The molecule has 0 atom stereocenters. The molecule has 0 radical (unpaired) electrons. The molecule has 2 heterocycles. The zero-order valence-electron chi connectivity index (χ0n) is 17.2. The second-order valence-corrected chi connectivity index (χ2v) is 9.16. The number of nitrogens with zero attached hydrogens (tertiary/aromatic N) is 2. The van der Waals surface area contributed by atoms with E-state index < -0.39 is 0 Å². The van der Waals surface area contributed by atoms with Gasteiger partial charge in [0, 0.05) is 26.4 Å². The van der Waals surface area contributed by atoms with Crippen molar-refractivity contribution in [1.29, 1.82) is 0 Å². The number of carbonyl (C=O) groups excluding carboxylic acids is 1. The maximum atomic E-state index is 13.3. The number of para-hydroxylation sites is 1. The topological polar surface area (TPSA) is 54.9 Å². The van der Waals surface area contributed by atoms with Gasteiger partial charge in [0.2, 0.25) is 0 Å². The van der Waals surface area contributed by atoms with E-state index in [-0.39, 0.29) is 5.91 Å². The normalized spacial score (nSPS) is 10.9. The molecular formula is C26H18BrN3OS. The third kappa shape index (κ3) is 4.07. The summed E-state index contributed by atoms with van der Waals surface area (Å²) in [6, 6.07) is 25.6. The number of hydrogen-bond acceptors (Lipinski definition) is 4. The molecule has 5 aromatic rings. The average Bonchev–Trinajstić information content (AvgIpc) is 3.27. The van der Waals surface area contributed by atoms with E-state index in [1.165, 1.54) is 11.3 Å². The molecule has 0 aliphatic carbocycles. The minimum absolute atomic E-state index is 0.199. The predicted molar refractivity (Wildman–Crippen MR) is 135 cm³/mol. The summed E-state index contributed by atoms with van der Waals surface area (Å²) in [6.45, 7) is 2.05. The number of amides is 1. The summed E-state index contributed by atoms with van der Waals surface area (Å²) in [4.78, 5) is 22.7. The molecular weight excluding hydrogens is 482 g/mol. The van der Waals surface area contributed by atoms with Gasteiger partial charge in [0.1, 0.15) is 0 Å². The highest BCUT2D eigenvalue weighted by Gasteiger charge is 2.16. The Bertz CT molecular complexity index is 1440. The SMILES string of the molecule is Cc1ccccc1-c1cc(C(=O)Nc2nc(-c3ccc(Br)cc3)cs2)c2ccccc2n1. The fourth-order valence-corrected chi connectivity index (χ4v) is 4.59. The molecule has 0 spiro atoms. The van der Waals surface area contributed by atoms with Crippen LogP contribution in [0.4, 0.5) is 5.13 Å². The van der Waals surface area contributed by atoms with Crippen molar-refractivity contribution in [2.24, 2.45) is 0 Å². The zero-order valence-corrected chi connectivity index (χ0v) is 19.6. The minimum Gasteiger partial charge on any atom is -0.298 e. The lowest BCUT2D eigenvalue weighted by atomic mass is 10.0. The van der Waals surface area contributed by atoms with Crippen molar-refractivity contribution in [3.05, 3.63) is 99.8 Å². The van der Waals surface area contributed by atoms with Crippen molar-refractivity contribution in [1.82, 2.24) is 9.97 Å². The Balaban J connectivity index is 1.51. The number of hydrogen-bond donors (Lipinski definition) is 1. The number of benzene rings is 3. The molecule has 1 N–H and O–H groups in total. The van der Waals surface area contributed by atoms with Crippen molar-refractivity contribution >= 4 is 49.2 Å². The summed E-state index contributed by atoms with van der Waals surface area (Å²) in [7, 11) is 0. The van der Waals surface area contributed by atoms with Crippen LogP contribution >= 0.6 is 27.3 Å². The van der Waals surface area contributed by atoms with E-state index in [2.05, 4.69) is 26.2 Å². The highest BCUT2D eigenvalue weighted by molar-refractivity contribution is 9.10. The van der Waals surface area contributed by atoms with Crippen LogP contribution in [0.2, 0.25) is 0 Å². The van der Waals surface area contributed by atoms with Crippen LogP contribution in [0.1, 0.15) is 15.9 Å². The van der Waals surface area contributed by atoms with Crippen LogP contribution in [0.3, 0.4) is 0 Å². The Kier molecular flexibility index (Phi) is 5.55. The highest BCUT2D eigenvalue weighted by atomic mass is 79.9. The first kappa shape index (κ1) is 20.5. The summed E-state index contributed by atoms with van der Waals surface area (Å²) < 4.78 is 1.01. The molecule has 0 saturated heterocycles. The summed E-state index contributed by atoms with van der Waals surface area (Å²) in [5, 5.41) is 6.30. The third-order valence-corrected chi connectivity index (χ3v) is 6.53. The monoisotopic (exact) mass is 499 g/mol. The Morgan fingerprint density at radius 3 is 2.47 bits per heavy atom. The molecule has 0 aliphatic rings. The number of thiazole rings is 1. The smallest absolute Gasteiger partial charge is 0.258 e. The summed E-state index contributed by atoms with van der Waals surface area (Å²) in [5.41, 5.74) is 6.10. The number of nitrogens with one attached hydrogen (secondary N) is 1. The van der Waals surface area contributed by atoms with Crippen molar-refractivity contribution in [3.8, 4) is 22.5 Å². The van der Waals surface area contributed by atoms with Crippen LogP contribution in [0.5, 0.6) is 0 Å². The van der Waals surface area contributed by atoms with Gasteiger partial charge in [-0.05, 0) is 36.8 Å². The first-order valence-corrected chi connectivity index (χ1v) is 11.7. The number of anilines is 1. The largest absolute Gasteiger partial charge is 0.298 e. The lowest BCUT2D eigenvalue weighted by Crippen LogP contribution is -2.13. The third-order valence-electron chi connectivity index (χ3n) is 5.25. The first-order valence-electron chi connectivity index (χ1n) is 10.1. The van der Waals surface area contributed by atoms with Gasteiger partial charge in [-0.1, -0.05) is 70.5 Å². The van der Waals surface area contributed by atoms with E-state index in [9.17, 15) is 4.79 Å². The van der Waals surface area contributed by atoms with Gasteiger partial charge >= 0.3 is 0 Å². The van der Waals surface area contributed by atoms with Gasteiger partial charge in [-0.15, -0.1) is 11.3 Å². The Hall–Kier alpha value is -3.35. The molecule has 0 aliphatic heterocycles. The Labute approximate surface area is 198 Å². The van der Waals surface area contributed by atoms with Gasteiger partial charge < -0.3 is 0 Å². The Morgan fingerprint density at radius 1 is 0.906 bits per heavy atom.